The Kier molecular flexibility index (Phi) is 7.04. The summed E-state index contributed by atoms with van der Waals surface area (Å²) in [5.41, 5.74) is 0.0187. The molecule has 2 aliphatic heterocycles. The quantitative estimate of drug-likeness (QED) is 0.492. The van der Waals surface area contributed by atoms with Gasteiger partial charge in [-0.3, -0.25) is 4.79 Å². The predicted octanol–water partition coefficient (Wildman–Crippen LogP) is 1.63. The molecule has 3 rings (SSSR count). The highest BCUT2D eigenvalue weighted by Crippen LogP contribution is 2.36. The minimum Gasteiger partial charge on any atom is -0.399 e. The van der Waals surface area contributed by atoms with Crippen LogP contribution in [0.15, 0.2) is 12.4 Å². The van der Waals surface area contributed by atoms with Crippen molar-refractivity contribution >= 4 is 24.4 Å². The van der Waals surface area contributed by atoms with Crippen LogP contribution in [0.3, 0.4) is 0 Å². The summed E-state index contributed by atoms with van der Waals surface area (Å²) < 4.78 is 17.6. The Morgan fingerprint density at radius 1 is 1.20 bits per heavy atom. The molecule has 1 amide bonds. The number of amides is 1. The highest BCUT2D eigenvalue weighted by Gasteiger charge is 2.52. The normalized spacial score (nSPS) is 23.1. The first kappa shape index (κ1) is 23.0. The van der Waals surface area contributed by atoms with Crippen molar-refractivity contribution in [1.29, 1.82) is 0 Å². The Labute approximate surface area is 180 Å². The molecule has 2 fully saturated rings. The van der Waals surface area contributed by atoms with Crippen molar-refractivity contribution < 1.29 is 18.8 Å². The predicted molar refractivity (Wildman–Crippen MR) is 117 cm³/mol. The Morgan fingerprint density at radius 3 is 2.40 bits per heavy atom. The van der Waals surface area contributed by atoms with E-state index in [0.717, 1.165) is 18.3 Å². The van der Waals surface area contributed by atoms with Crippen LogP contribution in [0, 0.1) is 0 Å². The largest absolute Gasteiger partial charge is 0.498 e. The summed E-state index contributed by atoms with van der Waals surface area (Å²) in [6.45, 7) is 15.1. The zero-order chi connectivity index (χ0) is 21.9. The summed E-state index contributed by atoms with van der Waals surface area (Å²) >= 11 is 0. The summed E-state index contributed by atoms with van der Waals surface area (Å²) in [6.07, 6.45) is 5.60. The molecular weight excluding hydrogens is 383 g/mol. The molecule has 3 heterocycles. The maximum absolute atomic E-state index is 12.4. The van der Waals surface area contributed by atoms with Gasteiger partial charge in [0.15, 0.2) is 0 Å². The smallest absolute Gasteiger partial charge is 0.399 e. The van der Waals surface area contributed by atoms with Crippen molar-refractivity contribution in [2.75, 3.05) is 37.7 Å². The van der Waals surface area contributed by atoms with E-state index in [1.807, 2.05) is 32.6 Å². The summed E-state index contributed by atoms with van der Waals surface area (Å²) in [5.74, 6) is 0.712. The molecular formula is C21H35BN4O4. The second kappa shape index (κ2) is 9.20. The van der Waals surface area contributed by atoms with Crippen LogP contribution in [-0.4, -0.2) is 78.0 Å². The standard InChI is InChI=1S/C21H35BN4O4/c1-7-8-11-28-15-18(27)25-9-10-26(16(2)14-25)19-23-12-17(13-24-19)22-29-20(3,4)21(5,6)30-22/h12-13,16H,7-11,14-15H2,1-6H3. The highest BCUT2D eigenvalue weighted by atomic mass is 16.7. The van der Waals surface area contributed by atoms with E-state index in [2.05, 4.69) is 28.7 Å². The molecule has 8 nitrogen and oxygen atoms in total. The summed E-state index contributed by atoms with van der Waals surface area (Å²) in [6, 6.07) is 0.126. The lowest BCUT2D eigenvalue weighted by Crippen LogP contribution is -2.55. The molecule has 0 saturated carbocycles. The Bertz CT molecular complexity index is 712. The number of anilines is 1. The lowest BCUT2D eigenvalue weighted by molar-refractivity contribution is -0.136. The number of aromatic nitrogens is 2. The second-order valence-electron chi connectivity index (χ2n) is 9.19. The average Bonchev–Trinajstić information content (AvgIpc) is 2.92. The third kappa shape index (κ3) is 4.95. The molecule has 1 unspecified atom stereocenters. The van der Waals surface area contributed by atoms with Crippen molar-refractivity contribution in [2.45, 2.75) is 71.6 Å². The lowest BCUT2D eigenvalue weighted by atomic mass is 9.81. The monoisotopic (exact) mass is 418 g/mol. The molecule has 0 aliphatic carbocycles. The number of ether oxygens (including phenoxy) is 1. The fourth-order valence-corrected chi connectivity index (χ4v) is 3.56. The van der Waals surface area contributed by atoms with Crippen LogP contribution in [0.5, 0.6) is 0 Å². The Hall–Kier alpha value is -1.71. The molecule has 1 atom stereocenters. The third-order valence-corrected chi connectivity index (χ3v) is 6.29. The Morgan fingerprint density at radius 2 is 1.83 bits per heavy atom. The molecule has 0 spiro atoms. The summed E-state index contributed by atoms with van der Waals surface area (Å²) in [4.78, 5) is 25.5. The number of carbonyl (C=O) groups excluding carboxylic acids is 1. The van der Waals surface area contributed by atoms with Gasteiger partial charge in [0, 0.05) is 50.1 Å². The van der Waals surface area contributed by atoms with E-state index < -0.39 is 18.3 Å². The number of piperazine rings is 1. The van der Waals surface area contributed by atoms with Crippen molar-refractivity contribution in [2.24, 2.45) is 0 Å². The van der Waals surface area contributed by atoms with E-state index in [1.54, 1.807) is 12.4 Å². The van der Waals surface area contributed by atoms with Gasteiger partial charge >= 0.3 is 7.12 Å². The van der Waals surface area contributed by atoms with Crippen LogP contribution in [0.25, 0.3) is 0 Å². The van der Waals surface area contributed by atoms with Crippen molar-refractivity contribution in [3.8, 4) is 0 Å². The summed E-state index contributed by atoms with van der Waals surface area (Å²) in [7, 11) is -0.469. The van der Waals surface area contributed by atoms with Gasteiger partial charge in [-0.15, -0.1) is 0 Å². The second-order valence-corrected chi connectivity index (χ2v) is 9.19. The van der Waals surface area contributed by atoms with Gasteiger partial charge in [0.05, 0.1) is 11.2 Å². The van der Waals surface area contributed by atoms with Gasteiger partial charge in [0.2, 0.25) is 11.9 Å². The zero-order valence-corrected chi connectivity index (χ0v) is 19.2. The molecule has 0 N–H and O–H groups in total. The van der Waals surface area contributed by atoms with Crippen LogP contribution < -0.4 is 10.4 Å². The molecule has 0 aromatic carbocycles. The molecule has 30 heavy (non-hydrogen) atoms. The minimum atomic E-state index is -0.469. The SMILES string of the molecule is CCCCOCC(=O)N1CCN(c2ncc(B3OC(C)(C)C(C)(C)O3)cn2)C(C)C1. The lowest BCUT2D eigenvalue weighted by Gasteiger charge is -2.39. The number of rotatable bonds is 7. The molecule has 1 aromatic heterocycles. The minimum absolute atomic E-state index is 0.0506. The molecule has 2 aliphatic rings. The van der Waals surface area contributed by atoms with Crippen molar-refractivity contribution in [3.63, 3.8) is 0 Å². The van der Waals surface area contributed by atoms with Gasteiger partial charge in [-0.1, -0.05) is 13.3 Å². The van der Waals surface area contributed by atoms with Crippen LogP contribution in [0.2, 0.25) is 0 Å². The number of carbonyl (C=O) groups is 1. The first-order chi connectivity index (χ1) is 14.1. The van der Waals surface area contributed by atoms with E-state index in [1.165, 1.54) is 0 Å². The van der Waals surface area contributed by atoms with Gasteiger partial charge in [0.1, 0.15) is 6.61 Å². The van der Waals surface area contributed by atoms with E-state index in [9.17, 15) is 4.79 Å². The zero-order valence-electron chi connectivity index (χ0n) is 19.2. The van der Waals surface area contributed by atoms with Gasteiger partial charge < -0.3 is 23.8 Å². The van der Waals surface area contributed by atoms with E-state index in [-0.39, 0.29) is 18.6 Å². The molecule has 0 radical (unpaired) electrons. The van der Waals surface area contributed by atoms with Crippen LogP contribution >= 0.6 is 0 Å². The average molecular weight is 418 g/mol. The molecule has 9 heteroatoms. The number of hydrogen-bond acceptors (Lipinski definition) is 7. The first-order valence-corrected chi connectivity index (χ1v) is 10.9. The molecule has 1 aromatic rings. The van der Waals surface area contributed by atoms with E-state index in [0.29, 0.717) is 32.2 Å². The van der Waals surface area contributed by atoms with Crippen LogP contribution in [0.4, 0.5) is 5.95 Å². The molecule has 2 saturated heterocycles. The fraction of sp³-hybridized carbons (Fsp3) is 0.762. The number of unbranched alkanes of at least 4 members (excludes halogenated alkanes) is 1. The number of nitrogens with zero attached hydrogens (tertiary/aromatic N) is 4. The van der Waals surface area contributed by atoms with Gasteiger partial charge in [-0.25, -0.2) is 9.97 Å². The maximum Gasteiger partial charge on any atom is 0.498 e. The van der Waals surface area contributed by atoms with Crippen molar-refractivity contribution in [1.82, 2.24) is 14.9 Å². The number of hydrogen-bond donors (Lipinski definition) is 0. The fourth-order valence-electron chi connectivity index (χ4n) is 3.56. The van der Waals surface area contributed by atoms with E-state index >= 15 is 0 Å². The summed E-state index contributed by atoms with van der Waals surface area (Å²) in [5, 5.41) is 0. The third-order valence-electron chi connectivity index (χ3n) is 6.29. The molecule has 0 bridgehead atoms. The van der Waals surface area contributed by atoms with Gasteiger partial charge in [-0.05, 0) is 41.0 Å². The van der Waals surface area contributed by atoms with Crippen LogP contribution in [0.1, 0.15) is 54.4 Å². The van der Waals surface area contributed by atoms with Crippen LogP contribution in [-0.2, 0) is 18.8 Å². The van der Waals surface area contributed by atoms with Gasteiger partial charge in [-0.2, -0.15) is 0 Å². The Balaban J connectivity index is 1.56. The van der Waals surface area contributed by atoms with Crippen molar-refractivity contribution in [3.05, 3.63) is 12.4 Å². The topological polar surface area (TPSA) is 77.0 Å². The first-order valence-electron chi connectivity index (χ1n) is 10.9. The maximum atomic E-state index is 12.4. The van der Waals surface area contributed by atoms with E-state index in [4.69, 9.17) is 14.0 Å². The molecule has 166 valence electrons. The highest BCUT2D eigenvalue weighted by molar-refractivity contribution is 6.61. The van der Waals surface area contributed by atoms with Gasteiger partial charge in [0.25, 0.3) is 0 Å².